The summed E-state index contributed by atoms with van der Waals surface area (Å²) in [4.78, 5) is 8.98. The van der Waals surface area contributed by atoms with Gasteiger partial charge in [0.1, 0.15) is 0 Å². The predicted octanol–water partition coefficient (Wildman–Crippen LogP) is 0.660. The van der Waals surface area contributed by atoms with Crippen molar-refractivity contribution in [2.45, 2.75) is 26.7 Å². The van der Waals surface area contributed by atoms with Crippen molar-refractivity contribution in [1.29, 1.82) is 0 Å². The summed E-state index contributed by atoms with van der Waals surface area (Å²) in [6, 6.07) is 0. The fourth-order valence-corrected chi connectivity index (χ4v) is 4.79. The fourth-order valence-electron chi connectivity index (χ4n) is 3.52. The largest absolute Gasteiger partial charge is 0.355 e. The lowest BCUT2D eigenvalue weighted by Gasteiger charge is -2.28. The fraction of sp³-hybridized carbons (Fsp3) is 0.938. The van der Waals surface area contributed by atoms with E-state index in [-0.39, 0.29) is 0 Å². The van der Waals surface area contributed by atoms with Gasteiger partial charge in [-0.1, -0.05) is 13.8 Å². The van der Waals surface area contributed by atoms with Crippen LogP contribution in [0.3, 0.4) is 0 Å². The quantitative estimate of drug-likeness (QED) is 0.586. The third kappa shape index (κ3) is 5.95. The van der Waals surface area contributed by atoms with Crippen LogP contribution < -0.4 is 5.32 Å². The van der Waals surface area contributed by atoms with Crippen LogP contribution in [0.25, 0.3) is 0 Å². The third-order valence-electron chi connectivity index (χ3n) is 4.75. The maximum atomic E-state index is 11.4. The molecule has 0 aromatic heterocycles. The summed E-state index contributed by atoms with van der Waals surface area (Å²) in [5.74, 6) is 3.11. The molecule has 0 spiro atoms. The van der Waals surface area contributed by atoms with E-state index in [2.05, 4.69) is 34.0 Å². The molecular weight excluding hydrogens is 312 g/mol. The monoisotopic (exact) mass is 344 g/mol. The van der Waals surface area contributed by atoms with E-state index in [1.54, 1.807) is 0 Å². The molecule has 2 fully saturated rings. The second-order valence-corrected chi connectivity index (χ2v) is 9.50. The first-order valence-electron chi connectivity index (χ1n) is 8.78. The summed E-state index contributed by atoms with van der Waals surface area (Å²) in [6.07, 6.45) is 2.54. The van der Waals surface area contributed by atoms with E-state index in [9.17, 15) is 8.42 Å². The Morgan fingerprint density at radius 2 is 1.96 bits per heavy atom. The highest BCUT2D eigenvalue weighted by atomic mass is 32.2. The van der Waals surface area contributed by atoms with Gasteiger partial charge in [-0.2, -0.15) is 0 Å². The van der Waals surface area contributed by atoms with E-state index in [0.717, 1.165) is 44.0 Å². The van der Waals surface area contributed by atoms with Crippen LogP contribution in [-0.4, -0.2) is 82.0 Å². The molecule has 2 heterocycles. The van der Waals surface area contributed by atoms with Crippen molar-refractivity contribution >= 4 is 15.8 Å². The number of nitrogens with one attached hydrogen (secondary N) is 1. The van der Waals surface area contributed by atoms with Crippen LogP contribution in [0.5, 0.6) is 0 Å². The Hall–Kier alpha value is -0.820. The molecule has 0 bridgehead atoms. The molecule has 0 aromatic rings. The Morgan fingerprint density at radius 3 is 2.57 bits per heavy atom. The first kappa shape index (κ1) is 18.5. The second kappa shape index (κ2) is 8.33. The van der Waals surface area contributed by atoms with Crippen molar-refractivity contribution in [3.05, 3.63) is 0 Å². The summed E-state index contributed by atoms with van der Waals surface area (Å²) in [5.41, 5.74) is 0. The lowest BCUT2D eigenvalue weighted by Crippen LogP contribution is -2.46. The number of aliphatic imine (C=N–C) groups is 1. The number of rotatable bonds is 5. The predicted molar refractivity (Wildman–Crippen MR) is 95.6 cm³/mol. The molecule has 0 radical (unpaired) electrons. The molecule has 23 heavy (non-hydrogen) atoms. The Bertz CT molecular complexity index is 490. The summed E-state index contributed by atoms with van der Waals surface area (Å²) in [5, 5.41) is 3.44. The standard InChI is InChI=1S/C16H32N4O2S/c1-14(2)12-15-4-6-20(13-15)16(17-3)18-5-7-19-8-10-23(21,22)11-9-19/h14-15H,4-13H2,1-3H3,(H,17,18). The van der Waals surface area contributed by atoms with Crippen LogP contribution in [0.15, 0.2) is 4.99 Å². The Balaban J connectivity index is 1.70. The van der Waals surface area contributed by atoms with Gasteiger partial charge in [0.15, 0.2) is 15.8 Å². The van der Waals surface area contributed by atoms with Gasteiger partial charge >= 0.3 is 0 Å². The highest BCUT2D eigenvalue weighted by Gasteiger charge is 2.25. The van der Waals surface area contributed by atoms with Gasteiger partial charge in [0.25, 0.3) is 0 Å². The number of likely N-dealkylation sites (tertiary alicyclic amines) is 1. The highest BCUT2D eigenvalue weighted by molar-refractivity contribution is 7.91. The van der Waals surface area contributed by atoms with Gasteiger partial charge in [-0.05, 0) is 24.7 Å². The normalized spacial score (nSPS) is 26.0. The van der Waals surface area contributed by atoms with Gasteiger partial charge in [0.05, 0.1) is 11.5 Å². The zero-order chi connectivity index (χ0) is 16.9. The first-order valence-corrected chi connectivity index (χ1v) is 10.6. The van der Waals surface area contributed by atoms with Crippen LogP contribution >= 0.6 is 0 Å². The van der Waals surface area contributed by atoms with Crippen LogP contribution in [0.1, 0.15) is 26.7 Å². The molecule has 0 aliphatic carbocycles. The van der Waals surface area contributed by atoms with E-state index >= 15 is 0 Å². The molecule has 1 atom stereocenters. The van der Waals surface area contributed by atoms with Gasteiger partial charge < -0.3 is 10.2 Å². The number of sulfone groups is 1. The minimum absolute atomic E-state index is 0.296. The molecular formula is C16H32N4O2S. The van der Waals surface area contributed by atoms with E-state index in [1.807, 2.05) is 7.05 Å². The van der Waals surface area contributed by atoms with E-state index < -0.39 is 9.84 Å². The average molecular weight is 345 g/mol. The highest BCUT2D eigenvalue weighted by Crippen LogP contribution is 2.23. The molecule has 134 valence electrons. The molecule has 7 heteroatoms. The van der Waals surface area contributed by atoms with Crippen LogP contribution in [-0.2, 0) is 9.84 Å². The number of hydrogen-bond donors (Lipinski definition) is 1. The zero-order valence-corrected chi connectivity index (χ0v) is 15.6. The number of guanidine groups is 1. The zero-order valence-electron chi connectivity index (χ0n) is 14.8. The molecule has 2 aliphatic heterocycles. The van der Waals surface area contributed by atoms with Crippen LogP contribution in [0.2, 0.25) is 0 Å². The Labute approximate surface area is 141 Å². The van der Waals surface area contributed by atoms with Gasteiger partial charge in [-0.25, -0.2) is 8.42 Å². The Kier molecular flexibility index (Phi) is 6.71. The van der Waals surface area contributed by atoms with Crippen LogP contribution in [0, 0.1) is 11.8 Å². The SMILES string of the molecule is CN=C(NCCN1CCS(=O)(=O)CC1)N1CCC(CC(C)C)C1. The first-order chi connectivity index (χ1) is 10.9. The molecule has 0 aromatic carbocycles. The molecule has 2 aliphatic rings. The lowest BCUT2D eigenvalue weighted by atomic mass is 9.97. The van der Waals surface area contributed by atoms with Crippen molar-refractivity contribution in [1.82, 2.24) is 15.1 Å². The maximum Gasteiger partial charge on any atom is 0.193 e. The minimum atomic E-state index is -2.79. The molecule has 1 unspecified atom stereocenters. The van der Waals surface area contributed by atoms with Crippen molar-refractivity contribution in [2.24, 2.45) is 16.8 Å². The van der Waals surface area contributed by atoms with E-state index in [1.165, 1.54) is 12.8 Å². The molecule has 0 saturated carbocycles. The van der Waals surface area contributed by atoms with Gasteiger partial charge in [-0.3, -0.25) is 9.89 Å². The van der Waals surface area contributed by atoms with E-state index in [0.29, 0.717) is 24.6 Å². The van der Waals surface area contributed by atoms with Crippen molar-refractivity contribution in [2.75, 3.05) is 57.8 Å². The van der Waals surface area contributed by atoms with Crippen LogP contribution in [0.4, 0.5) is 0 Å². The lowest BCUT2D eigenvalue weighted by molar-refractivity contribution is 0.298. The molecule has 0 amide bonds. The van der Waals surface area contributed by atoms with Crippen molar-refractivity contribution in [3.8, 4) is 0 Å². The topological polar surface area (TPSA) is 65.0 Å². The van der Waals surface area contributed by atoms with Gasteiger partial charge in [-0.15, -0.1) is 0 Å². The van der Waals surface area contributed by atoms with Crippen molar-refractivity contribution < 1.29 is 8.42 Å². The smallest absolute Gasteiger partial charge is 0.193 e. The van der Waals surface area contributed by atoms with Gasteiger partial charge in [0.2, 0.25) is 0 Å². The summed E-state index contributed by atoms with van der Waals surface area (Å²) >= 11 is 0. The maximum absolute atomic E-state index is 11.4. The molecule has 6 nitrogen and oxygen atoms in total. The second-order valence-electron chi connectivity index (χ2n) is 7.20. The minimum Gasteiger partial charge on any atom is -0.355 e. The summed E-state index contributed by atoms with van der Waals surface area (Å²) in [6.45, 7) is 9.75. The van der Waals surface area contributed by atoms with Gasteiger partial charge in [0, 0.05) is 46.3 Å². The molecule has 2 rings (SSSR count). The number of nitrogens with zero attached hydrogens (tertiary/aromatic N) is 3. The van der Waals surface area contributed by atoms with E-state index in [4.69, 9.17) is 0 Å². The average Bonchev–Trinajstić information content (AvgIpc) is 2.92. The summed E-state index contributed by atoms with van der Waals surface area (Å²) < 4.78 is 22.9. The van der Waals surface area contributed by atoms with Crippen molar-refractivity contribution in [3.63, 3.8) is 0 Å². The third-order valence-corrected chi connectivity index (χ3v) is 6.36. The summed E-state index contributed by atoms with van der Waals surface area (Å²) in [7, 11) is -0.946. The number of hydrogen-bond acceptors (Lipinski definition) is 4. The molecule has 2 saturated heterocycles. The molecule has 1 N–H and O–H groups in total. The Morgan fingerprint density at radius 1 is 1.26 bits per heavy atom.